The normalized spacial score (nSPS) is 12.1. The van der Waals surface area contributed by atoms with E-state index in [1.807, 2.05) is 11.4 Å². The maximum atomic E-state index is 12.8. The number of carbonyl (C=O) groups is 1. The molecule has 1 amide bonds. The summed E-state index contributed by atoms with van der Waals surface area (Å²) >= 11 is 1.68. The Morgan fingerprint density at radius 1 is 1.30 bits per heavy atom. The molecule has 2 rings (SSSR count). The van der Waals surface area contributed by atoms with Gasteiger partial charge in [0.05, 0.1) is 6.54 Å². The van der Waals surface area contributed by atoms with Crippen LogP contribution >= 0.6 is 11.3 Å². The Balaban J connectivity index is 1.84. The molecule has 0 saturated carbocycles. The number of rotatable bonds is 6. The quantitative estimate of drug-likeness (QED) is 0.854. The molecule has 1 unspecified atom stereocenters. The summed E-state index contributed by atoms with van der Waals surface area (Å²) in [5.74, 6) is -0.448. The molecular formula is C15H17FN2OS. The molecule has 2 N–H and O–H groups in total. The molecule has 0 bridgehead atoms. The van der Waals surface area contributed by atoms with E-state index in [-0.39, 0.29) is 24.3 Å². The van der Waals surface area contributed by atoms with E-state index in [0.29, 0.717) is 5.69 Å². The summed E-state index contributed by atoms with van der Waals surface area (Å²) in [5.41, 5.74) is 0.599. The Morgan fingerprint density at radius 2 is 2.05 bits per heavy atom. The van der Waals surface area contributed by atoms with E-state index in [0.717, 1.165) is 6.42 Å². The zero-order chi connectivity index (χ0) is 14.4. The second kappa shape index (κ2) is 7.17. The fourth-order valence-electron chi connectivity index (χ4n) is 1.89. The number of benzene rings is 1. The van der Waals surface area contributed by atoms with Crippen LogP contribution in [0.4, 0.5) is 10.1 Å². The molecule has 20 heavy (non-hydrogen) atoms. The molecule has 0 fully saturated rings. The van der Waals surface area contributed by atoms with Crippen molar-refractivity contribution < 1.29 is 9.18 Å². The highest BCUT2D eigenvalue weighted by atomic mass is 32.1. The summed E-state index contributed by atoms with van der Waals surface area (Å²) in [6.07, 6.45) is 0.921. The molecule has 0 aliphatic rings. The smallest absolute Gasteiger partial charge is 0.238 e. The zero-order valence-electron chi connectivity index (χ0n) is 11.2. The second-order valence-corrected chi connectivity index (χ2v) is 5.39. The van der Waals surface area contributed by atoms with Gasteiger partial charge in [0.15, 0.2) is 0 Å². The first-order valence-corrected chi connectivity index (χ1v) is 7.39. The Bertz CT molecular complexity index is 540. The van der Waals surface area contributed by atoms with Crippen molar-refractivity contribution in [3.8, 4) is 0 Å². The molecule has 0 saturated heterocycles. The molecule has 0 aliphatic carbocycles. The van der Waals surface area contributed by atoms with Crippen molar-refractivity contribution in [2.75, 3.05) is 11.9 Å². The van der Waals surface area contributed by atoms with Crippen LogP contribution in [0.5, 0.6) is 0 Å². The van der Waals surface area contributed by atoms with Crippen LogP contribution in [0, 0.1) is 5.82 Å². The summed E-state index contributed by atoms with van der Waals surface area (Å²) < 4.78 is 12.8. The van der Waals surface area contributed by atoms with Crippen molar-refractivity contribution in [3.05, 3.63) is 52.5 Å². The van der Waals surface area contributed by atoms with Crippen LogP contribution in [0.1, 0.15) is 24.3 Å². The van der Waals surface area contributed by atoms with Crippen LogP contribution in [0.25, 0.3) is 0 Å². The predicted octanol–water partition coefficient (Wildman–Crippen LogP) is 3.57. The maximum absolute atomic E-state index is 12.8. The van der Waals surface area contributed by atoms with Gasteiger partial charge >= 0.3 is 0 Å². The number of nitrogens with one attached hydrogen (secondary N) is 2. The SMILES string of the molecule is CCC(NCC(=O)Nc1ccc(F)cc1)c1cccs1. The predicted molar refractivity (Wildman–Crippen MR) is 80.4 cm³/mol. The van der Waals surface area contributed by atoms with Crippen LogP contribution in [-0.2, 0) is 4.79 Å². The van der Waals surface area contributed by atoms with Gasteiger partial charge in [0.25, 0.3) is 0 Å². The molecule has 106 valence electrons. The van der Waals surface area contributed by atoms with Crippen molar-refractivity contribution in [1.29, 1.82) is 0 Å². The minimum atomic E-state index is -0.315. The number of thiophene rings is 1. The Morgan fingerprint density at radius 3 is 2.65 bits per heavy atom. The Labute approximate surface area is 121 Å². The third kappa shape index (κ3) is 4.15. The van der Waals surface area contributed by atoms with E-state index in [1.165, 1.54) is 17.0 Å². The van der Waals surface area contributed by atoms with Gasteiger partial charge in [-0.25, -0.2) is 4.39 Å². The van der Waals surface area contributed by atoms with Crippen LogP contribution in [0.2, 0.25) is 0 Å². The zero-order valence-corrected chi connectivity index (χ0v) is 12.0. The van der Waals surface area contributed by atoms with Gasteiger partial charge in [-0.3, -0.25) is 4.79 Å². The molecule has 1 aromatic heterocycles. The highest BCUT2D eigenvalue weighted by Gasteiger charge is 2.11. The Hall–Kier alpha value is -1.72. The molecule has 0 aliphatic heterocycles. The fourth-order valence-corrected chi connectivity index (χ4v) is 2.78. The highest BCUT2D eigenvalue weighted by molar-refractivity contribution is 7.10. The van der Waals surface area contributed by atoms with Crippen molar-refractivity contribution in [3.63, 3.8) is 0 Å². The molecule has 5 heteroatoms. The van der Waals surface area contributed by atoms with E-state index in [4.69, 9.17) is 0 Å². The molecule has 2 aromatic rings. The van der Waals surface area contributed by atoms with Crippen LogP contribution < -0.4 is 10.6 Å². The lowest BCUT2D eigenvalue weighted by Crippen LogP contribution is -2.30. The topological polar surface area (TPSA) is 41.1 Å². The van der Waals surface area contributed by atoms with Gasteiger partial charge in [0.2, 0.25) is 5.91 Å². The van der Waals surface area contributed by atoms with Gasteiger partial charge in [0, 0.05) is 16.6 Å². The molecule has 3 nitrogen and oxygen atoms in total. The molecule has 1 heterocycles. The summed E-state index contributed by atoms with van der Waals surface area (Å²) in [5, 5.41) is 7.98. The lowest BCUT2D eigenvalue weighted by Gasteiger charge is -2.15. The van der Waals surface area contributed by atoms with Gasteiger partial charge in [-0.15, -0.1) is 11.3 Å². The van der Waals surface area contributed by atoms with Crippen LogP contribution in [0.3, 0.4) is 0 Å². The maximum Gasteiger partial charge on any atom is 0.238 e. The van der Waals surface area contributed by atoms with E-state index in [1.54, 1.807) is 23.5 Å². The minimum Gasteiger partial charge on any atom is -0.325 e. The van der Waals surface area contributed by atoms with Crippen molar-refractivity contribution in [2.24, 2.45) is 0 Å². The summed E-state index contributed by atoms with van der Waals surface area (Å²) in [4.78, 5) is 13.0. The lowest BCUT2D eigenvalue weighted by atomic mass is 10.2. The average Bonchev–Trinajstić information content (AvgIpc) is 2.96. The number of amides is 1. The third-order valence-corrected chi connectivity index (χ3v) is 3.92. The molecule has 0 radical (unpaired) electrons. The van der Waals surface area contributed by atoms with Crippen molar-refractivity contribution in [2.45, 2.75) is 19.4 Å². The van der Waals surface area contributed by atoms with Gasteiger partial charge in [-0.1, -0.05) is 13.0 Å². The number of hydrogen-bond acceptors (Lipinski definition) is 3. The van der Waals surface area contributed by atoms with E-state index in [9.17, 15) is 9.18 Å². The first-order chi connectivity index (χ1) is 9.69. The summed E-state index contributed by atoms with van der Waals surface area (Å²) in [7, 11) is 0. The van der Waals surface area contributed by atoms with Crippen molar-refractivity contribution >= 4 is 22.9 Å². The molecular weight excluding hydrogens is 275 g/mol. The fraction of sp³-hybridized carbons (Fsp3) is 0.267. The summed E-state index contributed by atoms with van der Waals surface area (Å²) in [6.45, 7) is 2.31. The standard InChI is InChI=1S/C15H17FN2OS/c1-2-13(14-4-3-9-20-14)17-10-15(19)18-12-7-5-11(16)6-8-12/h3-9,13,17H,2,10H2,1H3,(H,18,19). The van der Waals surface area contributed by atoms with Crippen molar-refractivity contribution in [1.82, 2.24) is 5.32 Å². The molecule has 1 atom stereocenters. The molecule has 0 spiro atoms. The first kappa shape index (κ1) is 14.7. The second-order valence-electron chi connectivity index (χ2n) is 4.41. The number of carbonyl (C=O) groups excluding carboxylic acids is 1. The van der Waals surface area contributed by atoms with E-state index in [2.05, 4.69) is 23.6 Å². The number of hydrogen-bond donors (Lipinski definition) is 2. The highest BCUT2D eigenvalue weighted by Crippen LogP contribution is 2.21. The Kier molecular flexibility index (Phi) is 5.26. The average molecular weight is 292 g/mol. The summed E-state index contributed by atoms with van der Waals surface area (Å²) in [6, 6.07) is 9.99. The van der Waals surface area contributed by atoms with Gasteiger partial charge < -0.3 is 10.6 Å². The molecule has 1 aromatic carbocycles. The third-order valence-electron chi connectivity index (χ3n) is 2.93. The first-order valence-electron chi connectivity index (χ1n) is 6.51. The monoisotopic (exact) mass is 292 g/mol. The number of anilines is 1. The van der Waals surface area contributed by atoms with Gasteiger partial charge in [-0.2, -0.15) is 0 Å². The minimum absolute atomic E-state index is 0.133. The van der Waals surface area contributed by atoms with Gasteiger partial charge in [0.1, 0.15) is 5.82 Å². The lowest BCUT2D eigenvalue weighted by molar-refractivity contribution is -0.115. The van der Waals surface area contributed by atoms with E-state index < -0.39 is 0 Å². The van der Waals surface area contributed by atoms with E-state index >= 15 is 0 Å². The largest absolute Gasteiger partial charge is 0.325 e. The van der Waals surface area contributed by atoms with Crippen LogP contribution in [0.15, 0.2) is 41.8 Å². The number of halogens is 1. The van der Waals surface area contributed by atoms with Crippen LogP contribution in [-0.4, -0.2) is 12.5 Å². The van der Waals surface area contributed by atoms with Gasteiger partial charge in [-0.05, 0) is 42.1 Å².